The van der Waals surface area contributed by atoms with E-state index < -0.39 is 15.7 Å². The van der Waals surface area contributed by atoms with Gasteiger partial charge in [0, 0.05) is 13.7 Å². The summed E-state index contributed by atoms with van der Waals surface area (Å²) in [5.74, 6) is -0.456. The summed E-state index contributed by atoms with van der Waals surface area (Å²) in [6, 6.07) is 4.83. The number of hydrogen-bond donors (Lipinski definition) is 0. The van der Waals surface area contributed by atoms with Gasteiger partial charge in [0.15, 0.2) is 9.84 Å². The zero-order valence-electron chi connectivity index (χ0n) is 10.3. The first-order chi connectivity index (χ1) is 8.56. The molecule has 0 spiro atoms. The van der Waals surface area contributed by atoms with Crippen molar-refractivity contribution in [1.29, 1.82) is 0 Å². The average Bonchev–Trinajstić information content (AvgIpc) is 2.34. The van der Waals surface area contributed by atoms with E-state index in [9.17, 15) is 12.8 Å². The van der Waals surface area contributed by atoms with Crippen LogP contribution in [0.25, 0.3) is 0 Å². The molecule has 0 radical (unpaired) electrons. The third-order valence-electron chi connectivity index (χ3n) is 2.31. The lowest BCUT2D eigenvalue weighted by Crippen LogP contribution is -2.10. The van der Waals surface area contributed by atoms with Crippen molar-refractivity contribution in [1.82, 2.24) is 0 Å². The maximum atomic E-state index is 12.7. The molecule has 0 aliphatic heterocycles. The zero-order valence-corrected chi connectivity index (χ0v) is 11.1. The van der Waals surface area contributed by atoms with Gasteiger partial charge in [-0.05, 0) is 30.7 Å². The monoisotopic (exact) mass is 276 g/mol. The smallest absolute Gasteiger partial charge is 0.178 e. The average molecular weight is 276 g/mol. The fourth-order valence-electron chi connectivity index (χ4n) is 1.36. The molecular weight excluding hydrogens is 259 g/mol. The summed E-state index contributed by atoms with van der Waals surface area (Å²) in [5.41, 5.74) is 0. The molecule has 4 nitrogen and oxygen atoms in total. The van der Waals surface area contributed by atoms with E-state index in [1.165, 1.54) is 12.1 Å². The van der Waals surface area contributed by atoms with Crippen LogP contribution in [0.2, 0.25) is 0 Å². The van der Waals surface area contributed by atoms with Crippen LogP contribution in [0.3, 0.4) is 0 Å². The second-order valence-electron chi connectivity index (χ2n) is 3.73. The van der Waals surface area contributed by atoms with Gasteiger partial charge in [0.1, 0.15) is 5.82 Å². The topological polar surface area (TPSA) is 52.6 Å². The second-order valence-corrected chi connectivity index (χ2v) is 5.84. The molecule has 0 bridgehead atoms. The highest BCUT2D eigenvalue weighted by molar-refractivity contribution is 7.91. The summed E-state index contributed by atoms with van der Waals surface area (Å²) in [6.07, 6.45) is 0.406. The molecule has 1 rings (SSSR count). The van der Waals surface area contributed by atoms with E-state index in [1.54, 1.807) is 7.11 Å². The summed E-state index contributed by atoms with van der Waals surface area (Å²) in [5, 5.41) is 0. The van der Waals surface area contributed by atoms with E-state index >= 15 is 0 Å². The number of sulfone groups is 1. The molecular formula is C12H17FO4S. The second kappa shape index (κ2) is 7.45. The largest absolute Gasteiger partial charge is 0.382 e. The maximum Gasteiger partial charge on any atom is 0.178 e. The highest BCUT2D eigenvalue weighted by Crippen LogP contribution is 2.12. The quantitative estimate of drug-likeness (QED) is 0.535. The number of rotatable bonds is 8. The molecule has 0 saturated carbocycles. The van der Waals surface area contributed by atoms with Crippen LogP contribution in [-0.4, -0.2) is 41.1 Å². The van der Waals surface area contributed by atoms with Crippen molar-refractivity contribution in [3.8, 4) is 0 Å². The number of methoxy groups -OCH3 is 1. The van der Waals surface area contributed by atoms with Gasteiger partial charge < -0.3 is 9.47 Å². The van der Waals surface area contributed by atoms with Gasteiger partial charge in [0.05, 0.1) is 23.9 Å². The number of halogens is 1. The van der Waals surface area contributed by atoms with Crippen LogP contribution in [-0.2, 0) is 19.3 Å². The van der Waals surface area contributed by atoms with Crippen LogP contribution < -0.4 is 0 Å². The van der Waals surface area contributed by atoms with Crippen LogP contribution in [0, 0.1) is 5.82 Å². The Morgan fingerprint density at radius 2 is 1.78 bits per heavy atom. The van der Waals surface area contributed by atoms with Crippen LogP contribution in [0.5, 0.6) is 0 Å². The van der Waals surface area contributed by atoms with Crippen molar-refractivity contribution in [2.45, 2.75) is 11.3 Å². The van der Waals surface area contributed by atoms with E-state index in [4.69, 9.17) is 9.47 Å². The Morgan fingerprint density at radius 3 is 2.39 bits per heavy atom. The highest BCUT2D eigenvalue weighted by Gasteiger charge is 2.13. The lowest BCUT2D eigenvalue weighted by molar-refractivity contribution is 0.0712. The Bertz CT molecular complexity index is 442. The zero-order chi connectivity index (χ0) is 13.4. The first kappa shape index (κ1) is 15.1. The minimum absolute atomic E-state index is 0.00832. The third kappa shape index (κ3) is 5.12. The van der Waals surface area contributed by atoms with Crippen molar-refractivity contribution in [3.63, 3.8) is 0 Å². The van der Waals surface area contributed by atoms with E-state index in [0.29, 0.717) is 26.2 Å². The van der Waals surface area contributed by atoms with Crippen LogP contribution in [0.15, 0.2) is 29.2 Å². The fourth-order valence-corrected chi connectivity index (χ4v) is 2.64. The van der Waals surface area contributed by atoms with Gasteiger partial charge in [0.25, 0.3) is 0 Å². The Balaban J connectivity index is 2.38. The summed E-state index contributed by atoms with van der Waals surface area (Å²) >= 11 is 0. The minimum atomic E-state index is -3.35. The van der Waals surface area contributed by atoms with Gasteiger partial charge in [-0.2, -0.15) is 0 Å². The summed E-state index contributed by atoms with van der Waals surface area (Å²) in [6.45, 7) is 1.31. The normalized spacial score (nSPS) is 11.7. The van der Waals surface area contributed by atoms with E-state index in [-0.39, 0.29) is 10.6 Å². The van der Waals surface area contributed by atoms with Crippen LogP contribution in [0.1, 0.15) is 6.42 Å². The van der Waals surface area contributed by atoms with Crippen molar-refractivity contribution in [2.75, 3.05) is 32.7 Å². The third-order valence-corrected chi connectivity index (χ3v) is 4.12. The van der Waals surface area contributed by atoms with Gasteiger partial charge in [0.2, 0.25) is 0 Å². The van der Waals surface area contributed by atoms with Crippen molar-refractivity contribution in [3.05, 3.63) is 30.1 Å². The molecule has 0 atom stereocenters. The molecule has 0 amide bonds. The van der Waals surface area contributed by atoms with Crippen molar-refractivity contribution < 1.29 is 22.3 Å². The highest BCUT2D eigenvalue weighted by atomic mass is 32.2. The SMILES string of the molecule is COCCOCCCS(=O)(=O)c1ccc(F)cc1. The standard InChI is InChI=1S/C12H17FO4S/c1-16-8-9-17-7-2-10-18(14,15)12-5-3-11(13)4-6-12/h3-6H,2,7-10H2,1H3. The molecule has 0 aliphatic carbocycles. The number of benzene rings is 1. The molecule has 0 aromatic heterocycles. The first-order valence-corrected chi connectivity index (χ1v) is 7.26. The van der Waals surface area contributed by atoms with Gasteiger partial charge >= 0.3 is 0 Å². The molecule has 1 aromatic rings. The summed E-state index contributed by atoms with van der Waals surface area (Å²) < 4.78 is 46.3. The molecule has 102 valence electrons. The molecule has 6 heteroatoms. The van der Waals surface area contributed by atoms with Crippen molar-refractivity contribution >= 4 is 9.84 Å². The summed E-state index contributed by atoms with van der Waals surface area (Å²) in [4.78, 5) is 0.140. The van der Waals surface area contributed by atoms with Crippen LogP contribution in [0.4, 0.5) is 4.39 Å². The molecule has 0 unspecified atom stereocenters. The van der Waals surface area contributed by atoms with Gasteiger partial charge in [-0.15, -0.1) is 0 Å². The molecule has 0 fully saturated rings. The maximum absolute atomic E-state index is 12.7. The van der Waals surface area contributed by atoms with E-state index in [1.807, 2.05) is 0 Å². The molecule has 0 saturated heterocycles. The molecule has 0 N–H and O–H groups in total. The molecule has 0 heterocycles. The number of ether oxygens (including phenoxy) is 2. The number of hydrogen-bond acceptors (Lipinski definition) is 4. The predicted octanol–water partition coefficient (Wildman–Crippen LogP) is 1.65. The van der Waals surface area contributed by atoms with Gasteiger partial charge in [-0.3, -0.25) is 0 Å². The summed E-state index contributed by atoms with van der Waals surface area (Å²) in [7, 11) is -1.78. The fraction of sp³-hybridized carbons (Fsp3) is 0.500. The Kier molecular flexibility index (Phi) is 6.24. The molecule has 18 heavy (non-hydrogen) atoms. The Morgan fingerprint density at radius 1 is 1.11 bits per heavy atom. The lowest BCUT2D eigenvalue weighted by atomic mass is 10.4. The van der Waals surface area contributed by atoms with E-state index in [2.05, 4.69) is 0 Å². The first-order valence-electron chi connectivity index (χ1n) is 5.61. The minimum Gasteiger partial charge on any atom is -0.382 e. The Labute approximate surface area is 107 Å². The molecule has 1 aromatic carbocycles. The van der Waals surface area contributed by atoms with Crippen LogP contribution >= 0.6 is 0 Å². The van der Waals surface area contributed by atoms with Crippen molar-refractivity contribution in [2.24, 2.45) is 0 Å². The Hall–Kier alpha value is -0.980. The predicted molar refractivity (Wildman–Crippen MR) is 65.8 cm³/mol. The van der Waals surface area contributed by atoms with Gasteiger partial charge in [-0.25, -0.2) is 12.8 Å². The van der Waals surface area contributed by atoms with E-state index in [0.717, 1.165) is 12.1 Å². The molecule has 0 aliphatic rings. The lowest BCUT2D eigenvalue weighted by Gasteiger charge is -2.05. The van der Waals surface area contributed by atoms with Gasteiger partial charge in [-0.1, -0.05) is 0 Å².